The van der Waals surface area contributed by atoms with Crippen LogP contribution < -0.4 is 81.0 Å². The van der Waals surface area contributed by atoms with Crippen LogP contribution in [0.5, 0.6) is 0 Å². The Hall–Kier alpha value is -4.80. The molecule has 0 aliphatic heterocycles. The Morgan fingerprint density at radius 2 is 0.873 bits per heavy atom. The van der Waals surface area contributed by atoms with Crippen molar-refractivity contribution in [1.82, 2.24) is 9.97 Å². The van der Waals surface area contributed by atoms with Crippen LogP contribution in [0.25, 0.3) is 67.5 Å². The monoisotopic (exact) mass is 816 g/mol. The standard InChI is InChI=1S/C42H40N8O.4ClH/c43-39(45-31-5-1-2-6-31)29-17-19-33-35(23-29)49-41(47-33)27-13-9-25(10-14-27)37-21-22-38(51-37)26-11-15-28(16-12-26)42-48-34-20-18-30(24-36(34)50-42)40(44)46-32-7-3-4-8-32;;;;/h9-24,31-32H,1-8H2,(H2,43,45)(H2,44,46)(H,47,49)(H,48,50);4*1H. The van der Waals surface area contributed by atoms with E-state index in [0.29, 0.717) is 12.1 Å². The summed E-state index contributed by atoms with van der Waals surface area (Å²) in [5, 5.41) is 0. The predicted molar refractivity (Wildman–Crippen MR) is 200 cm³/mol. The second-order valence-corrected chi connectivity index (χ2v) is 14.2. The highest BCUT2D eigenvalue weighted by Gasteiger charge is 2.21. The molecule has 0 unspecified atom stereocenters. The zero-order valence-electron chi connectivity index (χ0n) is 30.1. The molecule has 7 aromatic rings. The van der Waals surface area contributed by atoms with E-state index in [1.165, 1.54) is 51.4 Å². The molecule has 3 heterocycles. The van der Waals surface area contributed by atoms with Gasteiger partial charge in [-0.3, -0.25) is 21.5 Å². The van der Waals surface area contributed by atoms with Crippen LogP contribution in [-0.2, 0) is 0 Å². The van der Waals surface area contributed by atoms with Crippen LogP contribution in [0.3, 0.4) is 0 Å². The number of aromatic amines is 4. The van der Waals surface area contributed by atoms with Crippen LogP contribution >= 0.6 is 0 Å². The molecule has 10 N–H and O–H groups in total. The second kappa shape index (κ2) is 17.8. The van der Waals surface area contributed by atoms with E-state index in [-0.39, 0.29) is 49.6 Å². The third kappa shape index (κ3) is 8.71. The fraction of sp³-hybridized carbons (Fsp3) is 0.238. The van der Waals surface area contributed by atoms with E-state index in [4.69, 9.17) is 15.9 Å². The highest BCUT2D eigenvalue weighted by atomic mass is 35.5. The first-order valence-electron chi connectivity index (χ1n) is 18.2. The summed E-state index contributed by atoms with van der Waals surface area (Å²) in [6, 6.07) is 34.3. The van der Waals surface area contributed by atoms with Gasteiger partial charge in [-0.15, -0.1) is 0 Å². The summed E-state index contributed by atoms with van der Waals surface area (Å²) in [6.07, 6.45) is 9.84. The normalized spacial score (nSPS) is 15.1. The Bertz CT molecular complexity index is 2250. The molecule has 0 amide bonds. The maximum Gasteiger partial charge on any atom is 0.285 e. The van der Waals surface area contributed by atoms with Gasteiger partial charge in [0.25, 0.3) is 23.3 Å². The van der Waals surface area contributed by atoms with Crippen molar-refractivity contribution < 1.29 is 74.0 Å². The molecule has 0 bridgehead atoms. The molecule has 0 saturated heterocycles. The first-order chi connectivity index (χ1) is 25.0. The van der Waals surface area contributed by atoms with Crippen molar-refractivity contribution in [3.63, 3.8) is 0 Å². The first-order valence-corrected chi connectivity index (χ1v) is 18.2. The van der Waals surface area contributed by atoms with Gasteiger partial charge >= 0.3 is 0 Å². The lowest BCUT2D eigenvalue weighted by atomic mass is 10.1. The van der Waals surface area contributed by atoms with Crippen LogP contribution in [0.4, 0.5) is 0 Å². The quantitative estimate of drug-likeness (QED) is 0.0668. The minimum absolute atomic E-state index is 0. The zero-order chi connectivity index (χ0) is 34.3. The SMILES string of the molecule is NC(=[NH+]C1CCCC1)c1ccc2[nH+]c(-c3ccc(-c4ccc(-c5ccc(-c6[nH]c7cc(C(N)=[NH+]C8CCCC8)ccc7[nH+]6)cc5)o4)cc3)[nH]c2c1.[Cl-].[Cl-].[Cl-].[Cl-]. The number of hydrogen-bond donors (Lipinski definition) is 6. The van der Waals surface area contributed by atoms with Crippen molar-refractivity contribution in [1.29, 1.82) is 0 Å². The molecule has 9 rings (SSSR count). The van der Waals surface area contributed by atoms with Crippen LogP contribution in [0.2, 0.25) is 0 Å². The maximum absolute atomic E-state index is 6.43. The fourth-order valence-corrected chi connectivity index (χ4v) is 7.74. The van der Waals surface area contributed by atoms with E-state index in [1.54, 1.807) is 0 Å². The Labute approximate surface area is 344 Å². The average molecular weight is 819 g/mol. The first kappa shape index (κ1) is 41.4. The number of imidazole rings is 2. The number of fused-ring (bicyclic) bond motifs is 2. The lowest BCUT2D eigenvalue weighted by Crippen LogP contribution is -3.00. The van der Waals surface area contributed by atoms with E-state index >= 15 is 0 Å². The topological polar surface area (TPSA) is 153 Å². The number of aromatic nitrogens is 4. The Kier molecular flexibility index (Phi) is 13.4. The van der Waals surface area contributed by atoms with E-state index in [9.17, 15) is 0 Å². The zero-order valence-corrected chi connectivity index (χ0v) is 33.1. The third-order valence-corrected chi connectivity index (χ3v) is 10.7. The van der Waals surface area contributed by atoms with Gasteiger partial charge in [0.15, 0.2) is 22.1 Å². The van der Waals surface area contributed by atoms with Crippen LogP contribution in [0, 0.1) is 0 Å². The molecular weight excluding hydrogens is 774 g/mol. The summed E-state index contributed by atoms with van der Waals surface area (Å²) in [5.41, 5.74) is 23.2. The Balaban J connectivity index is 0.00000145. The smallest absolute Gasteiger partial charge is 0.285 e. The minimum atomic E-state index is 0. The Morgan fingerprint density at radius 3 is 1.25 bits per heavy atom. The number of hydrogen-bond acceptors (Lipinski definition) is 1. The van der Waals surface area contributed by atoms with Gasteiger partial charge in [-0.2, -0.15) is 0 Å². The van der Waals surface area contributed by atoms with E-state index in [2.05, 4.69) is 115 Å². The molecule has 2 saturated carbocycles. The summed E-state index contributed by atoms with van der Waals surface area (Å²) in [4.78, 5) is 21.1. The van der Waals surface area contributed by atoms with Gasteiger partial charge < -0.3 is 54.0 Å². The average Bonchev–Trinajstić information content (AvgIpc) is 4.01. The van der Waals surface area contributed by atoms with Crippen LogP contribution in [-0.4, -0.2) is 33.7 Å². The molecule has 286 valence electrons. The molecule has 13 heteroatoms. The number of nitrogens with two attached hydrogens (primary N) is 2. The summed E-state index contributed by atoms with van der Waals surface area (Å²) in [6.45, 7) is 0. The highest BCUT2D eigenvalue weighted by Crippen LogP contribution is 2.31. The third-order valence-electron chi connectivity index (χ3n) is 10.7. The number of rotatable bonds is 8. The van der Waals surface area contributed by atoms with Crippen molar-refractivity contribution in [2.24, 2.45) is 11.5 Å². The Morgan fingerprint density at radius 1 is 0.509 bits per heavy atom. The number of nitrogens with one attached hydrogen (secondary N) is 6. The molecule has 2 aliphatic carbocycles. The van der Waals surface area contributed by atoms with Gasteiger partial charge in [0.05, 0.1) is 34.3 Å². The molecule has 55 heavy (non-hydrogen) atoms. The number of H-pyrrole nitrogens is 4. The molecule has 0 atom stereocenters. The number of furan rings is 1. The molecule has 2 fully saturated rings. The molecule has 0 spiro atoms. The van der Waals surface area contributed by atoms with E-state index in [1.807, 2.05) is 12.1 Å². The second-order valence-electron chi connectivity index (χ2n) is 14.2. The molecule has 9 nitrogen and oxygen atoms in total. The van der Waals surface area contributed by atoms with Gasteiger partial charge in [0.2, 0.25) is 0 Å². The van der Waals surface area contributed by atoms with Crippen molar-refractivity contribution in [3.8, 4) is 45.4 Å². The number of halogens is 4. The summed E-state index contributed by atoms with van der Waals surface area (Å²) in [7, 11) is 0. The number of amidine groups is 2. The van der Waals surface area contributed by atoms with Crippen molar-refractivity contribution >= 4 is 33.7 Å². The van der Waals surface area contributed by atoms with Crippen molar-refractivity contribution in [3.05, 3.63) is 108 Å². The molecule has 0 radical (unpaired) electrons. The van der Waals surface area contributed by atoms with Gasteiger partial charge in [0.1, 0.15) is 11.5 Å². The predicted octanol–water partition coefficient (Wildman–Crippen LogP) is -7.99. The van der Waals surface area contributed by atoms with Crippen LogP contribution in [0.15, 0.2) is 101 Å². The lowest BCUT2D eigenvalue weighted by Gasteiger charge is -2.01. The van der Waals surface area contributed by atoms with Crippen molar-refractivity contribution in [2.75, 3.05) is 0 Å². The summed E-state index contributed by atoms with van der Waals surface area (Å²) >= 11 is 0. The number of nitrogen functional groups attached to an aromatic ring is 2. The fourth-order valence-electron chi connectivity index (χ4n) is 7.74. The minimum Gasteiger partial charge on any atom is -1.00 e. The van der Waals surface area contributed by atoms with E-state index < -0.39 is 0 Å². The van der Waals surface area contributed by atoms with Gasteiger partial charge in [-0.05, 0) is 112 Å². The van der Waals surface area contributed by atoms with Crippen molar-refractivity contribution in [2.45, 2.75) is 63.5 Å². The summed E-state index contributed by atoms with van der Waals surface area (Å²) in [5.74, 6) is 5.03. The molecule has 2 aliphatic rings. The lowest BCUT2D eigenvalue weighted by molar-refractivity contribution is -0.501. The molecule has 4 aromatic carbocycles. The molecule has 3 aromatic heterocycles. The summed E-state index contributed by atoms with van der Waals surface area (Å²) < 4.78 is 6.34. The highest BCUT2D eigenvalue weighted by molar-refractivity contribution is 5.97. The number of benzene rings is 4. The van der Waals surface area contributed by atoms with Gasteiger partial charge in [-0.1, -0.05) is 24.3 Å². The molecular formula is C42H44Cl4N8O. The van der Waals surface area contributed by atoms with Gasteiger partial charge in [0, 0.05) is 23.3 Å². The van der Waals surface area contributed by atoms with E-state index in [0.717, 1.165) is 90.3 Å². The largest absolute Gasteiger partial charge is 1.00 e. The maximum atomic E-state index is 6.43. The van der Waals surface area contributed by atoms with Crippen LogP contribution in [0.1, 0.15) is 62.5 Å². The van der Waals surface area contributed by atoms with Gasteiger partial charge in [-0.25, -0.2) is 19.9 Å².